The average molecular weight is 206 g/mol. The molecular formula is C9H6N2O4. The summed E-state index contributed by atoms with van der Waals surface area (Å²) in [6.45, 7) is 0. The molecule has 1 aromatic heterocycles. The van der Waals surface area contributed by atoms with E-state index < -0.39 is 12.1 Å². The van der Waals surface area contributed by atoms with Crippen LogP contribution in [0.2, 0.25) is 0 Å². The molecule has 2 N–H and O–H groups in total. The molecule has 0 aliphatic heterocycles. The van der Waals surface area contributed by atoms with Crippen LogP contribution < -0.4 is 0 Å². The van der Waals surface area contributed by atoms with E-state index in [1.165, 1.54) is 24.4 Å². The summed E-state index contributed by atoms with van der Waals surface area (Å²) in [4.78, 5) is 21.5. The van der Waals surface area contributed by atoms with Gasteiger partial charge in [-0.15, -0.1) is 0 Å². The molecule has 0 atom stereocenters. The molecule has 2 aromatic rings. The third kappa shape index (κ3) is 1.32. The minimum atomic E-state index is -1.24. The SMILES string of the molecule is O=C(O)c1cccc2c1cnn2C(=O)O. The van der Waals surface area contributed by atoms with Crippen molar-refractivity contribution in [2.24, 2.45) is 0 Å². The third-order valence-electron chi connectivity index (χ3n) is 2.03. The Hall–Kier alpha value is -2.37. The maximum absolute atomic E-state index is 10.8. The van der Waals surface area contributed by atoms with Gasteiger partial charge in [0.25, 0.3) is 0 Å². The van der Waals surface area contributed by atoms with Crippen molar-refractivity contribution in [1.29, 1.82) is 0 Å². The number of fused-ring (bicyclic) bond motifs is 1. The van der Waals surface area contributed by atoms with Crippen molar-refractivity contribution in [3.63, 3.8) is 0 Å². The van der Waals surface area contributed by atoms with Crippen molar-refractivity contribution in [1.82, 2.24) is 9.78 Å². The maximum Gasteiger partial charge on any atom is 0.432 e. The first kappa shape index (κ1) is 9.20. The number of nitrogens with zero attached hydrogens (tertiary/aromatic N) is 2. The van der Waals surface area contributed by atoms with Crippen LogP contribution in [-0.2, 0) is 0 Å². The van der Waals surface area contributed by atoms with Crippen molar-refractivity contribution in [2.75, 3.05) is 0 Å². The number of carbonyl (C=O) groups is 2. The largest absolute Gasteiger partial charge is 0.478 e. The van der Waals surface area contributed by atoms with Gasteiger partial charge in [-0.05, 0) is 12.1 Å². The van der Waals surface area contributed by atoms with Crippen molar-refractivity contribution in [3.8, 4) is 0 Å². The van der Waals surface area contributed by atoms with Gasteiger partial charge in [0.1, 0.15) is 0 Å². The van der Waals surface area contributed by atoms with E-state index in [-0.39, 0.29) is 11.1 Å². The lowest BCUT2D eigenvalue weighted by atomic mass is 10.1. The van der Waals surface area contributed by atoms with Gasteiger partial charge in [-0.25, -0.2) is 9.59 Å². The summed E-state index contributed by atoms with van der Waals surface area (Å²) in [6, 6.07) is 4.38. The van der Waals surface area contributed by atoms with Crippen LogP contribution in [0.1, 0.15) is 10.4 Å². The Morgan fingerprint density at radius 3 is 2.60 bits per heavy atom. The fourth-order valence-electron chi connectivity index (χ4n) is 1.39. The normalized spacial score (nSPS) is 10.4. The number of benzene rings is 1. The molecule has 1 aromatic carbocycles. The minimum absolute atomic E-state index is 0.0417. The first-order chi connectivity index (χ1) is 7.11. The quantitative estimate of drug-likeness (QED) is 0.732. The van der Waals surface area contributed by atoms with Gasteiger partial charge in [0.05, 0.1) is 17.3 Å². The van der Waals surface area contributed by atoms with Gasteiger partial charge in [0.15, 0.2) is 0 Å². The van der Waals surface area contributed by atoms with Crippen LogP contribution in [0.25, 0.3) is 10.9 Å². The molecule has 76 valence electrons. The monoisotopic (exact) mass is 206 g/mol. The van der Waals surface area contributed by atoms with E-state index in [0.717, 1.165) is 4.68 Å². The van der Waals surface area contributed by atoms with Gasteiger partial charge in [-0.1, -0.05) is 6.07 Å². The zero-order valence-corrected chi connectivity index (χ0v) is 7.41. The van der Waals surface area contributed by atoms with Gasteiger partial charge in [0, 0.05) is 5.39 Å². The molecule has 0 radical (unpaired) electrons. The molecular weight excluding hydrogens is 200 g/mol. The van der Waals surface area contributed by atoms with E-state index in [9.17, 15) is 9.59 Å². The Kier molecular flexibility index (Phi) is 1.89. The topological polar surface area (TPSA) is 92.4 Å². The fourth-order valence-corrected chi connectivity index (χ4v) is 1.39. The summed E-state index contributed by atoms with van der Waals surface area (Å²) in [7, 11) is 0. The predicted octanol–water partition coefficient (Wildman–Crippen LogP) is 1.26. The Morgan fingerprint density at radius 1 is 1.27 bits per heavy atom. The van der Waals surface area contributed by atoms with Gasteiger partial charge in [-0.3, -0.25) is 0 Å². The van der Waals surface area contributed by atoms with Gasteiger partial charge in [-0.2, -0.15) is 9.78 Å². The highest BCUT2D eigenvalue weighted by Crippen LogP contribution is 2.18. The summed E-state index contributed by atoms with van der Waals surface area (Å²) >= 11 is 0. The van der Waals surface area contributed by atoms with E-state index >= 15 is 0 Å². The Morgan fingerprint density at radius 2 is 2.00 bits per heavy atom. The third-order valence-corrected chi connectivity index (χ3v) is 2.03. The van der Waals surface area contributed by atoms with E-state index in [1.807, 2.05) is 0 Å². The highest BCUT2D eigenvalue weighted by atomic mass is 16.4. The summed E-state index contributed by atoms with van der Waals surface area (Å²) < 4.78 is 0.738. The van der Waals surface area contributed by atoms with Gasteiger partial charge in [0.2, 0.25) is 0 Å². The average Bonchev–Trinajstić information content (AvgIpc) is 2.59. The Balaban J connectivity index is 2.80. The smallest absolute Gasteiger partial charge is 0.432 e. The number of carboxylic acid groups (broad SMARTS) is 2. The van der Waals surface area contributed by atoms with E-state index in [1.54, 1.807) is 0 Å². The highest BCUT2D eigenvalue weighted by Gasteiger charge is 2.14. The second-order valence-corrected chi connectivity index (χ2v) is 2.88. The number of aromatic carboxylic acids is 1. The molecule has 0 saturated carbocycles. The Labute approximate surface area is 83.4 Å². The minimum Gasteiger partial charge on any atom is -0.478 e. The van der Waals surface area contributed by atoms with Crippen LogP contribution >= 0.6 is 0 Å². The number of carboxylic acids is 1. The molecule has 1 heterocycles. The summed E-state index contributed by atoms with van der Waals surface area (Å²) in [6.07, 6.45) is -0.0139. The highest BCUT2D eigenvalue weighted by molar-refractivity contribution is 6.03. The van der Waals surface area contributed by atoms with Crippen LogP contribution in [-0.4, -0.2) is 32.1 Å². The summed E-state index contributed by atoms with van der Waals surface area (Å²) in [5.74, 6) is -1.11. The lowest BCUT2D eigenvalue weighted by molar-refractivity contribution is 0.0699. The zero-order valence-electron chi connectivity index (χ0n) is 7.41. The summed E-state index contributed by atoms with van der Waals surface area (Å²) in [5.41, 5.74) is 0.308. The molecule has 0 amide bonds. The molecule has 0 spiro atoms. The van der Waals surface area contributed by atoms with Gasteiger partial charge < -0.3 is 10.2 Å². The first-order valence-electron chi connectivity index (χ1n) is 4.04. The van der Waals surface area contributed by atoms with E-state index in [2.05, 4.69) is 5.10 Å². The van der Waals surface area contributed by atoms with Gasteiger partial charge >= 0.3 is 12.1 Å². The standard InChI is InChI=1S/C9H6N2O4/c12-8(13)5-2-1-3-7-6(5)4-10-11(7)9(14)15/h1-4H,(H,12,13)(H,14,15). The molecule has 0 aliphatic rings. The Bertz CT molecular complexity index is 558. The second kappa shape index (κ2) is 3.09. The summed E-state index contributed by atoms with van der Waals surface area (Å²) in [5, 5.41) is 21.5. The van der Waals surface area contributed by atoms with Crippen LogP contribution in [0.15, 0.2) is 24.4 Å². The number of aromatic nitrogens is 2. The zero-order chi connectivity index (χ0) is 11.0. The number of rotatable bonds is 1. The van der Waals surface area contributed by atoms with Crippen LogP contribution in [0.4, 0.5) is 4.79 Å². The molecule has 15 heavy (non-hydrogen) atoms. The molecule has 0 aliphatic carbocycles. The maximum atomic E-state index is 10.8. The molecule has 6 heteroatoms. The molecule has 0 fully saturated rings. The second-order valence-electron chi connectivity index (χ2n) is 2.88. The van der Waals surface area contributed by atoms with Crippen molar-refractivity contribution in [3.05, 3.63) is 30.0 Å². The van der Waals surface area contributed by atoms with Crippen LogP contribution in [0, 0.1) is 0 Å². The predicted molar refractivity (Wildman–Crippen MR) is 50.1 cm³/mol. The molecule has 0 saturated heterocycles. The lowest BCUT2D eigenvalue weighted by Crippen LogP contribution is -2.09. The molecule has 6 nitrogen and oxygen atoms in total. The van der Waals surface area contributed by atoms with Crippen molar-refractivity contribution >= 4 is 23.0 Å². The first-order valence-corrected chi connectivity index (χ1v) is 4.04. The molecule has 2 rings (SSSR count). The van der Waals surface area contributed by atoms with Crippen LogP contribution in [0.3, 0.4) is 0 Å². The number of hydrogen-bond acceptors (Lipinski definition) is 3. The fraction of sp³-hybridized carbons (Fsp3) is 0. The van der Waals surface area contributed by atoms with Crippen LogP contribution in [0.5, 0.6) is 0 Å². The molecule has 0 unspecified atom stereocenters. The van der Waals surface area contributed by atoms with Crippen molar-refractivity contribution < 1.29 is 19.8 Å². The van der Waals surface area contributed by atoms with E-state index in [0.29, 0.717) is 5.39 Å². The van der Waals surface area contributed by atoms with Crippen molar-refractivity contribution in [2.45, 2.75) is 0 Å². The van der Waals surface area contributed by atoms with E-state index in [4.69, 9.17) is 10.2 Å². The lowest BCUT2D eigenvalue weighted by Gasteiger charge is -1.97. The molecule has 0 bridgehead atoms. The number of hydrogen-bond donors (Lipinski definition) is 2.